The molecule has 0 radical (unpaired) electrons. The van der Waals surface area contributed by atoms with E-state index in [1.165, 1.54) is 37.1 Å². The summed E-state index contributed by atoms with van der Waals surface area (Å²) < 4.78 is 12.8. The maximum Gasteiger partial charge on any atom is 0.319 e. The van der Waals surface area contributed by atoms with Crippen LogP contribution in [0.25, 0.3) is 0 Å². The highest BCUT2D eigenvalue weighted by Gasteiger charge is 2.32. The molecule has 2 fully saturated rings. The Morgan fingerprint density at radius 2 is 1.96 bits per heavy atom. The maximum atomic E-state index is 12.8. The van der Waals surface area contributed by atoms with Gasteiger partial charge in [0.15, 0.2) is 0 Å². The molecule has 1 aromatic carbocycles. The van der Waals surface area contributed by atoms with Crippen molar-refractivity contribution in [1.82, 2.24) is 10.2 Å². The molecule has 0 bridgehead atoms. The summed E-state index contributed by atoms with van der Waals surface area (Å²) in [5.74, 6) is 1.04. The van der Waals surface area contributed by atoms with Gasteiger partial charge >= 0.3 is 6.03 Å². The maximum absolute atomic E-state index is 12.8. The van der Waals surface area contributed by atoms with E-state index in [2.05, 4.69) is 17.6 Å². The summed E-state index contributed by atoms with van der Waals surface area (Å²) in [6.45, 7) is 3.41. The van der Waals surface area contributed by atoms with Crippen molar-refractivity contribution in [2.24, 2.45) is 11.8 Å². The van der Waals surface area contributed by atoms with Crippen molar-refractivity contribution in [3.63, 3.8) is 0 Å². The second-order valence-electron chi connectivity index (χ2n) is 6.95. The number of nitrogens with one attached hydrogen (secondary N) is 2. The number of halogens is 1. The van der Waals surface area contributed by atoms with Crippen molar-refractivity contribution >= 4 is 17.6 Å². The van der Waals surface area contributed by atoms with Crippen LogP contribution in [0.4, 0.5) is 14.9 Å². The van der Waals surface area contributed by atoms with Gasteiger partial charge in [0.1, 0.15) is 5.82 Å². The zero-order valence-corrected chi connectivity index (χ0v) is 13.9. The second-order valence-corrected chi connectivity index (χ2v) is 6.95. The highest BCUT2D eigenvalue weighted by atomic mass is 19.1. The van der Waals surface area contributed by atoms with Crippen molar-refractivity contribution in [2.45, 2.75) is 38.6 Å². The van der Waals surface area contributed by atoms with Gasteiger partial charge in [0.05, 0.1) is 0 Å². The number of amides is 3. The normalized spacial score (nSPS) is 21.4. The molecule has 2 atom stereocenters. The van der Waals surface area contributed by atoms with E-state index in [0.29, 0.717) is 31.1 Å². The fourth-order valence-corrected chi connectivity index (χ4v) is 3.23. The molecule has 6 heteroatoms. The van der Waals surface area contributed by atoms with Gasteiger partial charge in [0, 0.05) is 31.2 Å². The molecule has 0 spiro atoms. The molecule has 3 rings (SSSR count). The van der Waals surface area contributed by atoms with Gasteiger partial charge in [-0.2, -0.15) is 0 Å². The minimum atomic E-state index is -0.341. The van der Waals surface area contributed by atoms with Gasteiger partial charge in [-0.15, -0.1) is 0 Å². The molecule has 5 nitrogen and oxygen atoms in total. The molecule has 24 heavy (non-hydrogen) atoms. The van der Waals surface area contributed by atoms with E-state index < -0.39 is 0 Å². The molecule has 0 unspecified atom stereocenters. The molecule has 3 amide bonds. The first kappa shape index (κ1) is 16.7. The number of anilines is 1. The zero-order chi connectivity index (χ0) is 17.1. The van der Waals surface area contributed by atoms with Crippen LogP contribution in [0.1, 0.15) is 32.6 Å². The minimum absolute atomic E-state index is 0.0365. The summed E-state index contributed by atoms with van der Waals surface area (Å²) >= 11 is 0. The highest BCUT2D eigenvalue weighted by molar-refractivity contribution is 5.89. The monoisotopic (exact) mass is 333 g/mol. The molecule has 2 aliphatic rings. The Morgan fingerprint density at radius 3 is 2.62 bits per heavy atom. The lowest BCUT2D eigenvalue weighted by atomic mass is 10.0. The highest BCUT2D eigenvalue weighted by Crippen LogP contribution is 2.38. The van der Waals surface area contributed by atoms with Gasteiger partial charge in [0.2, 0.25) is 5.91 Å². The van der Waals surface area contributed by atoms with E-state index >= 15 is 0 Å². The quantitative estimate of drug-likeness (QED) is 0.870. The Labute approximate surface area is 141 Å². The lowest BCUT2D eigenvalue weighted by Gasteiger charge is -2.19. The van der Waals surface area contributed by atoms with E-state index in [1.807, 2.05) is 4.90 Å². The van der Waals surface area contributed by atoms with Gasteiger partial charge in [-0.25, -0.2) is 9.18 Å². The number of rotatable bonds is 5. The molecule has 1 aromatic rings. The number of hydrogen-bond acceptors (Lipinski definition) is 2. The molecule has 1 aliphatic heterocycles. The number of urea groups is 1. The zero-order valence-electron chi connectivity index (χ0n) is 13.9. The van der Waals surface area contributed by atoms with Gasteiger partial charge in [-0.05, 0) is 55.4 Å². The molecular formula is C18H24FN3O2. The average molecular weight is 333 g/mol. The van der Waals surface area contributed by atoms with Crippen LogP contribution in [-0.2, 0) is 4.79 Å². The number of nitrogens with zero attached hydrogens (tertiary/aromatic N) is 1. The summed E-state index contributed by atoms with van der Waals surface area (Å²) in [7, 11) is 0. The lowest BCUT2D eigenvalue weighted by Crippen LogP contribution is -2.40. The van der Waals surface area contributed by atoms with E-state index in [4.69, 9.17) is 0 Å². The first-order chi connectivity index (χ1) is 11.5. The summed E-state index contributed by atoms with van der Waals surface area (Å²) in [6.07, 6.45) is 3.88. The van der Waals surface area contributed by atoms with Crippen LogP contribution in [0, 0.1) is 17.7 Å². The minimum Gasteiger partial charge on any atom is -0.341 e. The first-order valence-corrected chi connectivity index (χ1v) is 8.62. The third kappa shape index (κ3) is 4.46. The van der Waals surface area contributed by atoms with Gasteiger partial charge in [0.25, 0.3) is 0 Å². The van der Waals surface area contributed by atoms with Crippen molar-refractivity contribution < 1.29 is 14.0 Å². The van der Waals surface area contributed by atoms with Crippen LogP contribution in [0.3, 0.4) is 0 Å². The number of carbonyl (C=O) groups is 2. The smallest absolute Gasteiger partial charge is 0.319 e. The lowest BCUT2D eigenvalue weighted by molar-refractivity contribution is -0.131. The predicted octanol–water partition coefficient (Wildman–Crippen LogP) is 2.98. The SMILES string of the molecule is C[C@H](CC(=O)N1CC[C@@H](NC(=O)Nc2ccc(F)cc2)C1)C1CC1. The molecule has 1 saturated carbocycles. The molecule has 1 saturated heterocycles. The standard InChI is InChI=1S/C18H24FN3O2/c1-12(13-2-3-13)10-17(23)22-9-8-16(11-22)21-18(24)20-15-6-4-14(19)5-7-15/h4-7,12-13,16H,2-3,8-11H2,1H3,(H2,20,21,24)/t12-,16-/m1/s1. The largest absolute Gasteiger partial charge is 0.341 e. The van der Waals surface area contributed by atoms with Crippen molar-refractivity contribution in [1.29, 1.82) is 0 Å². The number of likely N-dealkylation sites (tertiary alicyclic amines) is 1. The molecule has 130 valence electrons. The summed E-state index contributed by atoms with van der Waals surface area (Å²) in [6, 6.07) is 5.26. The summed E-state index contributed by atoms with van der Waals surface area (Å²) in [5.41, 5.74) is 0.540. The van der Waals surface area contributed by atoms with Crippen LogP contribution in [0.2, 0.25) is 0 Å². The van der Waals surface area contributed by atoms with Crippen LogP contribution < -0.4 is 10.6 Å². The fraction of sp³-hybridized carbons (Fsp3) is 0.556. The van der Waals surface area contributed by atoms with E-state index in [0.717, 1.165) is 12.3 Å². The molecule has 1 aliphatic carbocycles. The first-order valence-electron chi connectivity index (χ1n) is 8.62. The van der Waals surface area contributed by atoms with Crippen molar-refractivity contribution in [3.05, 3.63) is 30.1 Å². The van der Waals surface area contributed by atoms with Crippen LogP contribution >= 0.6 is 0 Å². The van der Waals surface area contributed by atoms with Crippen LogP contribution in [0.5, 0.6) is 0 Å². The summed E-state index contributed by atoms with van der Waals surface area (Å²) in [5, 5.41) is 5.55. The second kappa shape index (κ2) is 7.20. The van der Waals surface area contributed by atoms with Crippen LogP contribution in [-0.4, -0.2) is 36.0 Å². The van der Waals surface area contributed by atoms with E-state index in [1.54, 1.807) is 0 Å². The van der Waals surface area contributed by atoms with Crippen molar-refractivity contribution in [3.8, 4) is 0 Å². The Balaban J connectivity index is 1.42. The van der Waals surface area contributed by atoms with Crippen LogP contribution in [0.15, 0.2) is 24.3 Å². The van der Waals surface area contributed by atoms with E-state index in [-0.39, 0.29) is 23.8 Å². The Hall–Kier alpha value is -2.11. The third-order valence-corrected chi connectivity index (χ3v) is 4.90. The number of benzene rings is 1. The number of carbonyl (C=O) groups excluding carboxylic acids is 2. The van der Waals surface area contributed by atoms with Gasteiger partial charge in [-0.3, -0.25) is 4.79 Å². The van der Waals surface area contributed by atoms with E-state index in [9.17, 15) is 14.0 Å². The topological polar surface area (TPSA) is 61.4 Å². The number of hydrogen-bond donors (Lipinski definition) is 2. The Kier molecular flexibility index (Phi) is 5.02. The predicted molar refractivity (Wildman–Crippen MR) is 90.0 cm³/mol. The fourth-order valence-electron chi connectivity index (χ4n) is 3.23. The molecule has 1 heterocycles. The average Bonchev–Trinajstić information content (AvgIpc) is 3.30. The Bertz CT molecular complexity index is 601. The molecule has 0 aromatic heterocycles. The third-order valence-electron chi connectivity index (χ3n) is 4.90. The van der Waals surface area contributed by atoms with Gasteiger partial charge < -0.3 is 15.5 Å². The van der Waals surface area contributed by atoms with Crippen molar-refractivity contribution in [2.75, 3.05) is 18.4 Å². The Morgan fingerprint density at radius 1 is 1.25 bits per heavy atom. The van der Waals surface area contributed by atoms with Gasteiger partial charge in [-0.1, -0.05) is 6.92 Å². The summed E-state index contributed by atoms with van der Waals surface area (Å²) in [4.78, 5) is 26.1. The molecular weight excluding hydrogens is 309 g/mol. The molecule has 2 N–H and O–H groups in total.